The van der Waals surface area contributed by atoms with Gasteiger partial charge in [0.2, 0.25) is 0 Å². The van der Waals surface area contributed by atoms with Crippen LogP contribution in [0.15, 0.2) is 42.6 Å². The second-order valence-corrected chi connectivity index (χ2v) is 7.94. The van der Waals surface area contributed by atoms with Gasteiger partial charge in [0.15, 0.2) is 0 Å². The maximum atomic E-state index is 12.7. The second kappa shape index (κ2) is 5.53. The summed E-state index contributed by atoms with van der Waals surface area (Å²) in [6, 6.07) is 11.8. The Kier molecular flexibility index (Phi) is 3.84. The van der Waals surface area contributed by atoms with E-state index in [-0.39, 0.29) is 6.04 Å². The van der Waals surface area contributed by atoms with Gasteiger partial charge in [-0.1, -0.05) is 29.8 Å². The standard InChI is InChI=1S/C16H21N3O2S/c1-13-6-8-14(9-7-13)16-15-5-4-10-18(15)11-12-19(16)22(20,21)17(2)3/h4-10,16H,11-12H2,1-3H3. The first-order chi connectivity index (χ1) is 10.4. The van der Waals surface area contributed by atoms with Gasteiger partial charge in [-0.2, -0.15) is 17.0 Å². The summed E-state index contributed by atoms with van der Waals surface area (Å²) in [4.78, 5) is 0. The molecule has 0 spiro atoms. The molecule has 0 fully saturated rings. The fourth-order valence-electron chi connectivity index (χ4n) is 2.91. The molecule has 6 heteroatoms. The van der Waals surface area contributed by atoms with E-state index in [0.29, 0.717) is 13.1 Å². The Morgan fingerprint density at radius 3 is 2.41 bits per heavy atom. The number of nitrogens with zero attached hydrogens (tertiary/aromatic N) is 3. The van der Waals surface area contributed by atoms with Crippen molar-refractivity contribution in [2.75, 3.05) is 20.6 Å². The Balaban J connectivity index is 2.13. The van der Waals surface area contributed by atoms with Crippen LogP contribution in [-0.2, 0) is 16.8 Å². The van der Waals surface area contributed by atoms with Crippen molar-refractivity contribution in [2.24, 2.45) is 0 Å². The molecule has 1 aliphatic rings. The van der Waals surface area contributed by atoms with E-state index in [1.54, 1.807) is 18.4 Å². The molecule has 3 rings (SSSR count). The molecule has 1 unspecified atom stereocenters. The van der Waals surface area contributed by atoms with E-state index in [2.05, 4.69) is 4.57 Å². The maximum Gasteiger partial charge on any atom is 0.282 e. The van der Waals surface area contributed by atoms with E-state index < -0.39 is 10.2 Å². The van der Waals surface area contributed by atoms with Crippen LogP contribution in [-0.4, -0.2) is 42.2 Å². The van der Waals surface area contributed by atoms with Crippen LogP contribution in [0.25, 0.3) is 0 Å². The van der Waals surface area contributed by atoms with E-state index in [0.717, 1.165) is 16.8 Å². The number of rotatable bonds is 3. The molecule has 1 aromatic heterocycles. The molecule has 0 radical (unpaired) electrons. The van der Waals surface area contributed by atoms with Crippen LogP contribution in [0.3, 0.4) is 0 Å². The normalized spacial score (nSPS) is 19.4. The van der Waals surface area contributed by atoms with Gasteiger partial charge in [-0.3, -0.25) is 0 Å². The number of fused-ring (bicyclic) bond motifs is 1. The van der Waals surface area contributed by atoms with Crippen molar-refractivity contribution < 1.29 is 8.42 Å². The number of hydrogen-bond donors (Lipinski definition) is 0. The van der Waals surface area contributed by atoms with Gasteiger partial charge < -0.3 is 4.57 Å². The average Bonchev–Trinajstić information content (AvgIpc) is 2.95. The summed E-state index contributed by atoms with van der Waals surface area (Å²) in [7, 11) is -0.318. The van der Waals surface area contributed by atoms with Crippen molar-refractivity contribution in [3.8, 4) is 0 Å². The molecule has 0 N–H and O–H groups in total. The molecule has 22 heavy (non-hydrogen) atoms. The Hall–Kier alpha value is -1.63. The molecule has 2 aromatic rings. The third-order valence-electron chi connectivity index (χ3n) is 4.14. The van der Waals surface area contributed by atoms with E-state index in [9.17, 15) is 8.42 Å². The molecule has 1 aromatic carbocycles. The lowest BCUT2D eigenvalue weighted by Crippen LogP contribution is -2.47. The van der Waals surface area contributed by atoms with Crippen molar-refractivity contribution in [3.05, 3.63) is 59.4 Å². The minimum absolute atomic E-state index is 0.281. The lowest BCUT2D eigenvalue weighted by molar-refractivity contribution is 0.281. The fraction of sp³-hybridized carbons (Fsp3) is 0.375. The maximum absolute atomic E-state index is 12.7. The van der Waals surface area contributed by atoms with E-state index in [1.807, 2.05) is 49.5 Å². The summed E-state index contributed by atoms with van der Waals surface area (Å²) in [6.45, 7) is 3.18. The minimum Gasteiger partial charge on any atom is -0.348 e. The van der Waals surface area contributed by atoms with Gasteiger partial charge in [-0.05, 0) is 24.6 Å². The number of aryl methyl sites for hydroxylation is 1. The molecular weight excluding hydrogens is 298 g/mol. The highest BCUT2D eigenvalue weighted by Gasteiger charge is 2.37. The van der Waals surface area contributed by atoms with Crippen LogP contribution in [0.4, 0.5) is 0 Å². The molecular formula is C16H21N3O2S. The van der Waals surface area contributed by atoms with Gasteiger partial charge in [0.25, 0.3) is 10.2 Å². The van der Waals surface area contributed by atoms with Crippen LogP contribution in [0, 0.1) is 6.92 Å². The van der Waals surface area contributed by atoms with Crippen LogP contribution in [0.5, 0.6) is 0 Å². The highest BCUT2D eigenvalue weighted by atomic mass is 32.2. The molecule has 0 amide bonds. The Bertz CT molecular complexity index is 763. The van der Waals surface area contributed by atoms with E-state index in [4.69, 9.17) is 0 Å². The van der Waals surface area contributed by atoms with Crippen LogP contribution < -0.4 is 0 Å². The highest BCUT2D eigenvalue weighted by molar-refractivity contribution is 7.86. The summed E-state index contributed by atoms with van der Waals surface area (Å²) in [5.41, 5.74) is 3.17. The molecule has 118 valence electrons. The van der Waals surface area contributed by atoms with Gasteiger partial charge in [0, 0.05) is 39.1 Å². The predicted molar refractivity (Wildman–Crippen MR) is 86.8 cm³/mol. The number of aromatic nitrogens is 1. The summed E-state index contributed by atoms with van der Waals surface area (Å²) < 4.78 is 30.4. The predicted octanol–water partition coefficient (Wildman–Crippen LogP) is 2.01. The monoisotopic (exact) mass is 319 g/mol. The minimum atomic E-state index is -3.47. The van der Waals surface area contributed by atoms with Crippen molar-refractivity contribution >= 4 is 10.2 Å². The lowest BCUT2D eigenvalue weighted by atomic mass is 10.0. The first-order valence-corrected chi connectivity index (χ1v) is 8.72. The molecule has 0 bridgehead atoms. The Morgan fingerprint density at radius 1 is 1.09 bits per heavy atom. The summed E-state index contributed by atoms with van der Waals surface area (Å²) in [6.07, 6.45) is 2.01. The Morgan fingerprint density at radius 2 is 1.77 bits per heavy atom. The zero-order valence-corrected chi connectivity index (χ0v) is 13.9. The second-order valence-electron chi connectivity index (χ2n) is 5.84. The molecule has 5 nitrogen and oxygen atoms in total. The zero-order valence-electron chi connectivity index (χ0n) is 13.1. The van der Waals surface area contributed by atoms with Crippen molar-refractivity contribution in [2.45, 2.75) is 19.5 Å². The third kappa shape index (κ3) is 2.47. The van der Waals surface area contributed by atoms with Crippen molar-refractivity contribution in [1.29, 1.82) is 0 Å². The van der Waals surface area contributed by atoms with Crippen LogP contribution >= 0.6 is 0 Å². The third-order valence-corrected chi connectivity index (χ3v) is 6.05. The SMILES string of the molecule is Cc1ccc(C2c3cccn3CCN2S(=O)(=O)N(C)C)cc1. The van der Waals surface area contributed by atoms with E-state index >= 15 is 0 Å². The average molecular weight is 319 g/mol. The van der Waals surface area contributed by atoms with E-state index in [1.165, 1.54) is 4.31 Å². The quantitative estimate of drug-likeness (QED) is 0.869. The first kappa shape index (κ1) is 15.3. The van der Waals surface area contributed by atoms with Crippen LogP contribution in [0.1, 0.15) is 22.9 Å². The fourth-order valence-corrected chi connectivity index (χ4v) is 4.13. The van der Waals surface area contributed by atoms with Crippen molar-refractivity contribution in [3.63, 3.8) is 0 Å². The smallest absolute Gasteiger partial charge is 0.282 e. The number of benzene rings is 1. The van der Waals surface area contributed by atoms with Gasteiger partial charge in [-0.25, -0.2) is 0 Å². The number of hydrogen-bond acceptors (Lipinski definition) is 2. The summed E-state index contributed by atoms with van der Waals surface area (Å²) in [5.74, 6) is 0. The molecule has 0 saturated carbocycles. The van der Waals surface area contributed by atoms with Gasteiger partial charge in [-0.15, -0.1) is 0 Å². The first-order valence-electron chi connectivity index (χ1n) is 7.32. The topological polar surface area (TPSA) is 45.6 Å². The highest BCUT2D eigenvalue weighted by Crippen LogP contribution is 2.34. The molecule has 1 aliphatic heterocycles. The molecule has 1 atom stereocenters. The molecule has 0 saturated heterocycles. The van der Waals surface area contributed by atoms with Gasteiger partial charge >= 0.3 is 0 Å². The van der Waals surface area contributed by atoms with Gasteiger partial charge in [0.05, 0.1) is 6.04 Å². The molecule has 0 aliphatic carbocycles. The lowest BCUT2D eigenvalue weighted by Gasteiger charge is -2.37. The zero-order chi connectivity index (χ0) is 15.9. The Labute approximate surface area is 132 Å². The van der Waals surface area contributed by atoms with Gasteiger partial charge in [0.1, 0.15) is 0 Å². The summed E-state index contributed by atoms with van der Waals surface area (Å²) >= 11 is 0. The van der Waals surface area contributed by atoms with Crippen LogP contribution in [0.2, 0.25) is 0 Å². The largest absolute Gasteiger partial charge is 0.348 e. The molecule has 2 heterocycles. The van der Waals surface area contributed by atoms with Crippen molar-refractivity contribution in [1.82, 2.24) is 13.2 Å². The summed E-state index contributed by atoms with van der Waals surface area (Å²) in [5, 5.41) is 0.